The zero-order chi connectivity index (χ0) is 15.4. The van der Waals surface area contributed by atoms with E-state index in [1.165, 1.54) is 0 Å². The van der Waals surface area contributed by atoms with Crippen molar-refractivity contribution in [3.05, 3.63) is 30.1 Å². The van der Waals surface area contributed by atoms with Gasteiger partial charge in [-0.3, -0.25) is 14.6 Å². The number of rotatable bonds is 5. The summed E-state index contributed by atoms with van der Waals surface area (Å²) in [6.07, 6.45) is 4.89. The molecule has 21 heavy (non-hydrogen) atoms. The van der Waals surface area contributed by atoms with Crippen molar-refractivity contribution in [2.45, 2.75) is 52.2 Å². The SMILES string of the molecule is CCC(C)C1NC(=O)C(CC)N(Cc2ccncc2)C1=O. The second-order valence-corrected chi connectivity index (χ2v) is 5.62. The molecule has 1 N–H and O–H groups in total. The van der Waals surface area contributed by atoms with E-state index in [1.807, 2.05) is 32.9 Å². The number of carbonyl (C=O) groups is 2. The zero-order valence-electron chi connectivity index (χ0n) is 12.9. The van der Waals surface area contributed by atoms with Crippen molar-refractivity contribution in [3.8, 4) is 0 Å². The summed E-state index contributed by atoms with van der Waals surface area (Å²) in [6.45, 7) is 6.42. The maximum absolute atomic E-state index is 12.7. The molecular weight excluding hydrogens is 266 g/mol. The van der Waals surface area contributed by atoms with Crippen molar-refractivity contribution in [2.75, 3.05) is 0 Å². The van der Waals surface area contributed by atoms with Crippen molar-refractivity contribution in [1.29, 1.82) is 0 Å². The molecule has 2 heterocycles. The Balaban J connectivity index is 2.24. The van der Waals surface area contributed by atoms with Crippen molar-refractivity contribution in [2.24, 2.45) is 5.92 Å². The second-order valence-electron chi connectivity index (χ2n) is 5.62. The predicted octanol–water partition coefficient (Wildman–Crippen LogP) is 1.73. The summed E-state index contributed by atoms with van der Waals surface area (Å²) >= 11 is 0. The van der Waals surface area contributed by atoms with Crippen molar-refractivity contribution in [3.63, 3.8) is 0 Å². The molecule has 1 fully saturated rings. The van der Waals surface area contributed by atoms with E-state index >= 15 is 0 Å². The van der Waals surface area contributed by atoms with Crippen LogP contribution in [0.2, 0.25) is 0 Å². The molecule has 5 heteroatoms. The van der Waals surface area contributed by atoms with Gasteiger partial charge < -0.3 is 10.2 Å². The van der Waals surface area contributed by atoms with Crippen LogP contribution in [0.15, 0.2) is 24.5 Å². The van der Waals surface area contributed by atoms with E-state index in [2.05, 4.69) is 10.3 Å². The highest BCUT2D eigenvalue weighted by Gasteiger charge is 2.41. The molecule has 2 rings (SSSR count). The molecular formula is C16H23N3O2. The van der Waals surface area contributed by atoms with Crippen LogP contribution in [0.3, 0.4) is 0 Å². The van der Waals surface area contributed by atoms with Crippen LogP contribution in [0, 0.1) is 5.92 Å². The summed E-state index contributed by atoms with van der Waals surface area (Å²) < 4.78 is 0. The predicted molar refractivity (Wildman–Crippen MR) is 80.3 cm³/mol. The van der Waals surface area contributed by atoms with Gasteiger partial charge in [0.25, 0.3) is 0 Å². The summed E-state index contributed by atoms with van der Waals surface area (Å²) in [7, 11) is 0. The average Bonchev–Trinajstić information content (AvgIpc) is 2.51. The lowest BCUT2D eigenvalue weighted by atomic mass is 9.93. The first-order valence-corrected chi connectivity index (χ1v) is 7.58. The van der Waals surface area contributed by atoms with Crippen LogP contribution in [-0.2, 0) is 16.1 Å². The molecule has 1 aliphatic heterocycles. The molecule has 0 aliphatic carbocycles. The molecule has 3 atom stereocenters. The summed E-state index contributed by atoms with van der Waals surface area (Å²) in [4.78, 5) is 30.7. The Labute approximate surface area is 125 Å². The fourth-order valence-electron chi connectivity index (χ4n) is 2.69. The van der Waals surface area contributed by atoms with Crippen LogP contribution in [-0.4, -0.2) is 33.8 Å². The third-order valence-electron chi connectivity index (χ3n) is 4.23. The Morgan fingerprint density at radius 3 is 2.52 bits per heavy atom. The van der Waals surface area contributed by atoms with E-state index in [0.29, 0.717) is 13.0 Å². The number of hydrogen-bond acceptors (Lipinski definition) is 3. The Morgan fingerprint density at radius 1 is 1.29 bits per heavy atom. The van der Waals surface area contributed by atoms with Gasteiger partial charge in [-0.1, -0.05) is 27.2 Å². The van der Waals surface area contributed by atoms with Crippen molar-refractivity contribution < 1.29 is 9.59 Å². The van der Waals surface area contributed by atoms with Gasteiger partial charge in [-0.15, -0.1) is 0 Å². The average molecular weight is 289 g/mol. The molecule has 5 nitrogen and oxygen atoms in total. The highest BCUT2D eigenvalue weighted by Crippen LogP contribution is 2.21. The van der Waals surface area contributed by atoms with Gasteiger partial charge in [0.05, 0.1) is 0 Å². The molecule has 1 aromatic heterocycles. The van der Waals surface area contributed by atoms with Gasteiger partial charge >= 0.3 is 0 Å². The summed E-state index contributed by atoms with van der Waals surface area (Å²) in [6, 6.07) is 2.97. The highest BCUT2D eigenvalue weighted by atomic mass is 16.2. The summed E-state index contributed by atoms with van der Waals surface area (Å²) in [5.41, 5.74) is 0.995. The summed E-state index contributed by atoms with van der Waals surface area (Å²) in [5, 5.41) is 2.89. The molecule has 0 spiro atoms. The topological polar surface area (TPSA) is 62.3 Å². The lowest BCUT2D eigenvalue weighted by molar-refractivity contribution is -0.151. The lowest BCUT2D eigenvalue weighted by Gasteiger charge is -2.40. The number of amides is 2. The molecule has 2 amide bonds. The van der Waals surface area contributed by atoms with Gasteiger partial charge in [0.2, 0.25) is 11.8 Å². The smallest absolute Gasteiger partial charge is 0.246 e. The van der Waals surface area contributed by atoms with Gasteiger partial charge in [-0.2, -0.15) is 0 Å². The van der Waals surface area contributed by atoms with Crippen LogP contribution in [0.5, 0.6) is 0 Å². The normalized spacial score (nSPS) is 23.9. The van der Waals surface area contributed by atoms with Crippen molar-refractivity contribution >= 4 is 11.8 Å². The Hall–Kier alpha value is -1.91. The zero-order valence-corrected chi connectivity index (χ0v) is 12.9. The van der Waals surface area contributed by atoms with Crippen LogP contribution < -0.4 is 5.32 Å². The van der Waals surface area contributed by atoms with Gasteiger partial charge in [0.1, 0.15) is 12.1 Å². The maximum atomic E-state index is 12.7. The first-order chi connectivity index (χ1) is 10.1. The standard InChI is InChI=1S/C16H23N3O2/c1-4-11(3)14-16(21)19(13(5-2)15(20)18-14)10-12-6-8-17-9-7-12/h6-9,11,13-14H,4-5,10H2,1-3H3,(H,18,20). The second kappa shape index (κ2) is 6.70. The first-order valence-electron chi connectivity index (χ1n) is 7.58. The first kappa shape index (κ1) is 15.5. The molecule has 3 unspecified atom stereocenters. The Kier molecular flexibility index (Phi) is 4.94. The van der Waals surface area contributed by atoms with Crippen molar-refractivity contribution in [1.82, 2.24) is 15.2 Å². The van der Waals surface area contributed by atoms with Gasteiger partial charge in [-0.05, 0) is 30.0 Å². The van der Waals surface area contributed by atoms with E-state index in [4.69, 9.17) is 0 Å². The van der Waals surface area contributed by atoms with E-state index in [-0.39, 0.29) is 23.8 Å². The molecule has 1 saturated heterocycles. The lowest BCUT2D eigenvalue weighted by Crippen LogP contribution is -2.64. The quantitative estimate of drug-likeness (QED) is 0.898. The number of carbonyl (C=O) groups excluding carboxylic acids is 2. The number of nitrogens with one attached hydrogen (secondary N) is 1. The van der Waals surface area contributed by atoms with E-state index in [9.17, 15) is 9.59 Å². The molecule has 0 bridgehead atoms. The number of pyridine rings is 1. The molecule has 1 aliphatic rings. The fourth-order valence-corrected chi connectivity index (χ4v) is 2.69. The Bertz CT molecular complexity index is 504. The minimum atomic E-state index is -0.410. The summed E-state index contributed by atoms with van der Waals surface area (Å²) in [5.74, 6) is 0.114. The molecule has 0 saturated carbocycles. The Morgan fingerprint density at radius 2 is 1.95 bits per heavy atom. The number of aromatic nitrogens is 1. The third-order valence-corrected chi connectivity index (χ3v) is 4.23. The van der Waals surface area contributed by atoms with Crippen LogP contribution in [0.4, 0.5) is 0 Å². The molecule has 0 radical (unpaired) electrons. The molecule has 0 aromatic carbocycles. The van der Waals surface area contributed by atoms with Gasteiger partial charge in [-0.25, -0.2) is 0 Å². The number of piperazine rings is 1. The maximum Gasteiger partial charge on any atom is 0.246 e. The van der Waals surface area contributed by atoms with E-state index in [0.717, 1.165) is 12.0 Å². The van der Waals surface area contributed by atoms with Crippen LogP contribution in [0.1, 0.15) is 39.2 Å². The van der Waals surface area contributed by atoms with Crippen LogP contribution in [0.25, 0.3) is 0 Å². The number of nitrogens with zero attached hydrogens (tertiary/aromatic N) is 2. The van der Waals surface area contributed by atoms with E-state index in [1.54, 1.807) is 17.3 Å². The monoisotopic (exact) mass is 289 g/mol. The minimum Gasteiger partial charge on any atom is -0.342 e. The fraction of sp³-hybridized carbons (Fsp3) is 0.562. The van der Waals surface area contributed by atoms with Gasteiger partial charge in [0, 0.05) is 18.9 Å². The molecule has 114 valence electrons. The number of hydrogen-bond donors (Lipinski definition) is 1. The molecule has 1 aromatic rings. The third kappa shape index (κ3) is 3.23. The van der Waals surface area contributed by atoms with E-state index < -0.39 is 6.04 Å². The van der Waals surface area contributed by atoms with Crippen LogP contribution >= 0.6 is 0 Å². The largest absolute Gasteiger partial charge is 0.342 e. The highest BCUT2D eigenvalue weighted by molar-refractivity contribution is 5.97. The minimum absolute atomic E-state index is 0.0209. The van der Waals surface area contributed by atoms with Gasteiger partial charge in [0.15, 0.2) is 0 Å².